The Morgan fingerprint density at radius 2 is 1.05 bits per heavy atom. The lowest BCUT2D eigenvalue weighted by Crippen LogP contribution is -2.11. The minimum atomic E-state index is 0.467. The van der Waals surface area contributed by atoms with Crippen molar-refractivity contribution in [2.24, 2.45) is 0 Å². The van der Waals surface area contributed by atoms with Crippen LogP contribution in [0.2, 0.25) is 0 Å². The topological polar surface area (TPSA) is 3.24 Å². The molecule has 1 nitrogen and oxygen atoms in total. The Morgan fingerprint density at radius 3 is 1.74 bits per heavy atom. The van der Waals surface area contributed by atoms with Crippen molar-refractivity contribution >= 4 is 38.6 Å². The number of para-hydroxylation sites is 1. The van der Waals surface area contributed by atoms with Crippen molar-refractivity contribution in [2.45, 2.75) is 26.7 Å². The van der Waals surface area contributed by atoms with Crippen molar-refractivity contribution in [3.63, 3.8) is 0 Å². The van der Waals surface area contributed by atoms with E-state index in [2.05, 4.69) is 165 Å². The van der Waals surface area contributed by atoms with Gasteiger partial charge in [0.05, 0.1) is 0 Å². The number of anilines is 3. The number of benzene rings is 7. The second-order valence-electron chi connectivity index (χ2n) is 12.1. The van der Waals surface area contributed by atoms with Gasteiger partial charge in [-0.2, -0.15) is 0 Å². The molecule has 0 radical (unpaired) electrons. The maximum Gasteiger partial charge on any atom is 0.0490 e. The van der Waals surface area contributed by atoms with Gasteiger partial charge in [-0.15, -0.1) is 0 Å². The van der Waals surface area contributed by atoms with Gasteiger partial charge < -0.3 is 4.90 Å². The first-order valence-electron chi connectivity index (χ1n) is 15.2. The Hall–Kier alpha value is -5.14. The molecule has 0 N–H and O–H groups in total. The van der Waals surface area contributed by atoms with E-state index >= 15 is 0 Å². The number of rotatable bonds is 5. The maximum atomic E-state index is 2.41. The Balaban J connectivity index is 1.24. The molecule has 8 rings (SSSR count). The smallest absolute Gasteiger partial charge is 0.0490 e. The predicted octanol–water partition coefficient (Wildman–Crippen LogP) is 12.2. The molecule has 0 amide bonds. The quantitative estimate of drug-likeness (QED) is 0.206. The summed E-state index contributed by atoms with van der Waals surface area (Å²) in [6.07, 6.45) is 0. The first kappa shape index (κ1) is 25.6. The fraction of sp³-hybridized carbons (Fsp3) is 0.0952. The fourth-order valence-corrected chi connectivity index (χ4v) is 6.63. The van der Waals surface area contributed by atoms with Crippen molar-refractivity contribution in [1.29, 1.82) is 0 Å². The van der Waals surface area contributed by atoms with Crippen LogP contribution in [0.15, 0.2) is 140 Å². The molecule has 1 aliphatic rings. The van der Waals surface area contributed by atoms with Crippen LogP contribution in [0.5, 0.6) is 0 Å². The zero-order chi connectivity index (χ0) is 29.1. The molecule has 0 spiro atoms. The fourth-order valence-electron chi connectivity index (χ4n) is 6.63. The number of hydrogen-bond donors (Lipinski definition) is 0. The Bertz CT molecular complexity index is 2170. The average molecular weight is 552 g/mol. The normalized spacial score (nSPS) is 11.8. The third kappa shape index (κ3) is 4.32. The van der Waals surface area contributed by atoms with E-state index in [0.717, 1.165) is 0 Å². The minimum Gasteiger partial charge on any atom is -0.310 e. The maximum absolute atomic E-state index is 2.41. The summed E-state index contributed by atoms with van der Waals surface area (Å²) < 4.78 is 0. The Labute approximate surface area is 253 Å². The summed E-state index contributed by atoms with van der Waals surface area (Å²) in [6.45, 7) is 6.71. The first-order valence-corrected chi connectivity index (χ1v) is 15.2. The second kappa shape index (κ2) is 10.00. The van der Waals surface area contributed by atoms with Gasteiger partial charge in [-0.05, 0) is 140 Å². The summed E-state index contributed by atoms with van der Waals surface area (Å²) in [6, 6.07) is 51.6. The molecular formula is C42H33N. The van der Waals surface area contributed by atoms with E-state index in [1.165, 1.54) is 83.1 Å². The van der Waals surface area contributed by atoms with E-state index in [1.807, 2.05) is 0 Å². The lowest BCUT2D eigenvalue weighted by molar-refractivity contribution is 0.866. The van der Waals surface area contributed by atoms with E-state index in [4.69, 9.17) is 0 Å². The van der Waals surface area contributed by atoms with Gasteiger partial charge in [-0.1, -0.05) is 92.7 Å². The van der Waals surface area contributed by atoms with Gasteiger partial charge in [0.2, 0.25) is 0 Å². The highest BCUT2D eigenvalue weighted by Crippen LogP contribution is 2.51. The number of hydrogen-bond acceptors (Lipinski definition) is 1. The van der Waals surface area contributed by atoms with Crippen LogP contribution in [-0.2, 0) is 0 Å². The van der Waals surface area contributed by atoms with E-state index in [1.54, 1.807) is 0 Å². The lowest BCUT2D eigenvalue weighted by Gasteiger charge is -2.29. The summed E-state index contributed by atoms with van der Waals surface area (Å²) in [5.74, 6) is 0.467. The third-order valence-electron chi connectivity index (χ3n) is 9.03. The number of nitrogens with zero attached hydrogens (tertiary/aromatic N) is 1. The van der Waals surface area contributed by atoms with Gasteiger partial charge in [0.25, 0.3) is 0 Å². The van der Waals surface area contributed by atoms with E-state index < -0.39 is 0 Å². The number of aryl methyl sites for hydroxylation is 1. The average Bonchev–Trinajstić information content (AvgIpc) is 3.04. The predicted molar refractivity (Wildman–Crippen MR) is 185 cm³/mol. The first-order chi connectivity index (χ1) is 21.0. The molecule has 1 aliphatic carbocycles. The molecule has 43 heavy (non-hydrogen) atoms. The van der Waals surface area contributed by atoms with Gasteiger partial charge in [0.15, 0.2) is 0 Å². The molecule has 0 saturated carbocycles. The summed E-state index contributed by atoms with van der Waals surface area (Å²) in [7, 11) is 0. The van der Waals surface area contributed by atoms with Crippen LogP contribution in [0.3, 0.4) is 0 Å². The Morgan fingerprint density at radius 1 is 0.442 bits per heavy atom. The van der Waals surface area contributed by atoms with Crippen LogP contribution < -0.4 is 4.90 Å². The highest BCUT2D eigenvalue weighted by Gasteiger charge is 2.24. The summed E-state index contributed by atoms with van der Waals surface area (Å²) in [4.78, 5) is 2.41. The van der Waals surface area contributed by atoms with Crippen molar-refractivity contribution in [3.8, 4) is 33.4 Å². The van der Waals surface area contributed by atoms with Gasteiger partial charge in [0.1, 0.15) is 0 Å². The molecule has 0 aliphatic heterocycles. The van der Waals surface area contributed by atoms with Gasteiger partial charge in [-0.3, -0.25) is 0 Å². The summed E-state index contributed by atoms with van der Waals surface area (Å²) in [5, 5.41) is 5.11. The highest BCUT2D eigenvalue weighted by molar-refractivity contribution is 6.12. The zero-order valence-corrected chi connectivity index (χ0v) is 24.8. The largest absolute Gasteiger partial charge is 0.310 e. The molecule has 0 fully saturated rings. The van der Waals surface area contributed by atoms with Crippen molar-refractivity contribution in [3.05, 3.63) is 151 Å². The monoisotopic (exact) mass is 551 g/mol. The zero-order valence-electron chi connectivity index (χ0n) is 24.8. The van der Waals surface area contributed by atoms with Gasteiger partial charge >= 0.3 is 0 Å². The van der Waals surface area contributed by atoms with Crippen LogP contribution in [0.25, 0.3) is 54.9 Å². The highest BCUT2D eigenvalue weighted by atomic mass is 15.1. The van der Waals surface area contributed by atoms with Crippen LogP contribution >= 0.6 is 0 Å². The standard InChI is InChI=1S/C42H33N/c1-27(2)30-13-9-14-36(21-30)43(42-15-8-7-10-28(42)3)37-19-18-33-24-39-38-23-32-17-16-31(29-11-5-4-6-12-29)20-34(32)25-40(38)41(39)26-35(33)22-37/h4-27H,1-3H3. The molecular weight excluding hydrogens is 518 g/mol. The molecule has 0 aromatic heterocycles. The molecule has 0 heterocycles. The SMILES string of the molecule is Cc1ccccc1N(c1cccc(C(C)C)c1)c1ccc2cc3c(cc2c1)-c1cc2cc(-c4ccccc4)ccc2cc1-3. The molecule has 1 heteroatoms. The van der Waals surface area contributed by atoms with E-state index in [-0.39, 0.29) is 0 Å². The minimum absolute atomic E-state index is 0.467. The molecule has 7 aromatic rings. The van der Waals surface area contributed by atoms with E-state index in [0.29, 0.717) is 5.92 Å². The number of fused-ring (bicyclic) bond motifs is 6. The van der Waals surface area contributed by atoms with Crippen molar-refractivity contribution < 1.29 is 0 Å². The summed E-state index contributed by atoms with van der Waals surface area (Å²) in [5.41, 5.74) is 14.1. The van der Waals surface area contributed by atoms with Crippen LogP contribution in [-0.4, -0.2) is 0 Å². The van der Waals surface area contributed by atoms with Crippen LogP contribution in [0.1, 0.15) is 30.9 Å². The van der Waals surface area contributed by atoms with Gasteiger partial charge in [0, 0.05) is 17.1 Å². The third-order valence-corrected chi connectivity index (χ3v) is 9.03. The molecule has 206 valence electrons. The van der Waals surface area contributed by atoms with Crippen molar-refractivity contribution in [1.82, 2.24) is 0 Å². The molecule has 0 unspecified atom stereocenters. The van der Waals surface area contributed by atoms with Gasteiger partial charge in [-0.25, -0.2) is 0 Å². The van der Waals surface area contributed by atoms with Crippen LogP contribution in [0.4, 0.5) is 17.1 Å². The molecule has 0 bridgehead atoms. The second-order valence-corrected chi connectivity index (χ2v) is 12.1. The van der Waals surface area contributed by atoms with E-state index in [9.17, 15) is 0 Å². The molecule has 0 atom stereocenters. The summed E-state index contributed by atoms with van der Waals surface area (Å²) >= 11 is 0. The van der Waals surface area contributed by atoms with Crippen molar-refractivity contribution in [2.75, 3.05) is 4.90 Å². The Kier molecular flexibility index (Phi) is 5.94. The van der Waals surface area contributed by atoms with Crippen LogP contribution in [0, 0.1) is 6.92 Å². The molecule has 7 aromatic carbocycles. The molecule has 0 saturated heterocycles. The lowest BCUT2D eigenvalue weighted by atomic mass is 9.77.